The summed E-state index contributed by atoms with van der Waals surface area (Å²) in [5, 5.41) is 11.8. The molecule has 8 heteroatoms. The predicted octanol–water partition coefficient (Wildman–Crippen LogP) is 4.41. The van der Waals surface area contributed by atoms with Crippen LogP contribution in [0, 0.1) is 17.0 Å². The maximum Gasteiger partial charge on any atom is 0.273 e. The average molecular weight is 434 g/mol. The fourth-order valence-electron chi connectivity index (χ4n) is 2.67. The highest BCUT2D eigenvalue weighted by Gasteiger charge is 2.28. The van der Waals surface area contributed by atoms with E-state index in [0.29, 0.717) is 35.1 Å². The van der Waals surface area contributed by atoms with Crippen molar-refractivity contribution in [2.75, 3.05) is 13.1 Å². The standard InChI is InChI=1S/C18H16BrN3O3S/c1-12-15(3-2-4-16(12)22(24)25)17(23)21-10-9-20-18(21)26-11-13-5-7-14(19)8-6-13/h2-8H,9-11H2,1H3. The first-order valence-corrected chi connectivity index (χ1v) is 9.73. The number of hydrogen-bond acceptors (Lipinski definition) is 5. The summed E-state index contributed by atoms with van der Waals surface area (Å²) in [6.45, 7) is 2.64. The number of nitrogens with zero attached hydrogens (tertiary/aromatic N) is 3. The molecule has 0 saturated carbocycles. The van der Waals surface area contributed by atoms with E-state index in [1.165, 1.54) is 17.8 Å². The van der Waals surface area contributed by atoms with Gasteiger partial charge in [0.2, 0.25) is 0 Å². The number of carbonyl (C=O) groups is 1. The summed E-state index contributed by atoms with van der Waals surface area (Å²) in [5.74, 6) is 0.454. The lowest BCUT2D eigenvalue weighted by Gasteiger charge is -2.19. The molecule has 0 N–H and O–H groups in total. The number of thioether (sulfide) groups is 1. The van der Waals surface area contributed by atoms with Crippen LogP contribution in [-0.4, -0.2) is 34.0 Å². The number of halogens is 1. The number of nitro benzene ring substituents is 1. The minimum atomic E-state index is -0.465. The van der Waals surface area contributed by atoms with Gasteiger partial charge in [-0.15, -0.1) is 0 Å². The molecular weight excluding hydrogens is 418 g/mol. The van der Waals surface area contributed by atoms with E-state index in [0.717, 1.165) is 10.0 Å². The Morgan fingerprint density at radius 3 is 2.73 bits per heavy atom. The maximum atomic E-state index is 12.9. The van der Waals surface area contributed by atoms with Crippen LogP contribution in [0.2, 0.25) is 0 Å². The SMILES string of the molecule is Cc1c(C(=O)N2CCN=C2SCc2ccc(Br)cc2)cccc1[N+](=O)[O-]. The van der Waals surface area contributed by atoms with Crippen LogP contribution in [0.15, 0.2) is 51.9 Å². The molecule has 0 spiro atoms. The summed E-state index contributed by atoms with van der Waals surface area (Å²) in [6.07, 6.45) is 0. The van der Waals surface area contributed by atoms with E-state index < -0.39 is 4.92 Å². The molecule has 0 aliphatic carbocycles. The Balaban J connectivity index is 1.75. The molecule has 1 aliphatic rings. The third-order valence-electron chi connectivity index (χ3n) is 4.06. The molecule has 2 aromatic carbocycles. The van der Waals surface area contributed by atoms with E-state index in [1.807, 2.05) is 24.3 Å². The van der Waals surface area contributed by atoms with Crippen LogP contribution >= 0.6 is 27.7 Å². The Labute approximate surface area is 163 Å². The molecule has 1 aliphatic heterocycles. The minimum absolute atomic E-state index is 0.0453. The van der Waals surface area contributed by atoms with Crippen LogP contribution in [0.3, 0.4) is 0 Å². The Bertz CT molecular complexity index is 884. The number of hydrogen-bond donors (Lipinski definition) is 0. The van der Waals surface area contributed by atoms with Crippen LogP contribution in [0.5, 0.6) is 0 Å². The van der Waals surface area contributed by atoms with E-state index in [4.69, 9.17) is 0 Å². The topological polar surface area (TPSA) is 75.8 Å². The van der Waals surface area contributed by atoms with E-state index >= 15 is 0 Å². The van der Waals surface area contributed by atoms with Gasteiger partial charge < -0.3 is 0 Å². The molecule has 0 fully saturated rings. The van der Waals surface area contributed by atoms with Crippen LogP contribution in [0.25, 0.3) is 0 Å². The van der Waals surface area contributed by atoms with E-state index in [1.54, 1.807) is 24.0 Å². The molecule has 0 aromatic heterocycles. The van der Waals surface area contributed by atoms with Gasteiger partial charge in [-0.3, -0.25) is 24.8 Å². The zero-order valence-electron chi connectivity index (χ0n) is 14.0. The second-order valence-electron chi connectivity index (χ2n) is 5.74. The van der Waals surface area contributed by atoms with Crippen LogP contribution < -0.4 is 0 Å². The zero-order valence-corrected chi connectivity index (χ0v) is 16.4. The molecule has 1 heterocycles. The first-order valence-electron chi connectivity index (χ1n) is 7.95. The van der Waals surface area contributed by atoms with Gasteiger partial charge in [0.25, 0.3) is 11.6 Å². The molecule has 134 valence electrons. The van der Waals surface area contributed by atoms with Crippen molar-refractivity contribution in [3.8, 4) is 0 Å². The second kappa shape index (κ2) is 8.01. The van der Waals surface area contributed by atoms with Gasteiger partial charge in [-0.05, 0) is 30.7 Å². The number of amides is 1. The molecule has 6 nitrogen and oxygen atoms in total. The number of rotatable bonds is 4. The van der Waals surface area contributed by atoms with Gasteiger partial charge in [-0.2, -0.15) is 0 Å². The van der Waals surface area contributed by atoms with Gasteiger partial charge >= 0.3 is 0 Å². The van der Waals surface area contributed by atoms with Crippen molar-refractivity contribution in [1.82, 2.24) is 4.90 Å². The molecule has 3 rings (SSSR count). The molecule has 1 amide bonds. The van der Waals surface area contributed by atoms with Crippen LogP contribution in [0.4, 0.5) is 5.69 Å². The van der Waals surface area contributed by atoms with Gasteiger partial charge in [-0.1, -0.05) is 45.9 Å². The lowest BCUT2D eigenvalue weighted by molar-refractivity contribution is -0.385. The normalized spacial score (nSPS) is 13.6. The van der Waals surface area contributed by atoms with Crippen molar-refractivity contribution in [3.05, 3.63) is 73.7 Å². The Hall–Kier alpha value is -2.19. The summed E-state index contributed by atoms with van der Waals surface area (Å²) in [4.78, 5) is 29.6. The highest BCUT2D eigenvalue weighted by molar-refractivity contribution is 9.10. The lowest BCUT2D eigenvalue weighted by Crippen LogP contribution is -2.33. The third kappa shape index (κ3) is 3.96. The van der Waals surface area contributed by atoms with Gasteiger partial charge in [0, 0.05) is 34.0 Å². The number of nitro groups is 1. The summed E-state index contributed by atoms with van der Waals surface area (Å²) in [5.41, 5.74) is 1.81. The van der Waals surface area contributed by atoms with E-state index in [9.17, 15) is 14.9 Å². The highest BCUT2D eigenvalue weighted by Crippen LogP contribution is 2.26. The molecule has 0 atom stereocenters. The Kier molecular flexibility index (Phi) is 5.73. The quantitative estimate of drug-likeness (QED) is 0.528. The highest BCUT2D eigenvalue weighted by atomic mass is 79.9. The van der Waals surface area contributed by atoms with E-state index in [2.05, 4.69) is 20.9 Å². The number of amidine groups is 1. The monoisotopic (exact) mass is 433 g/mol. The number of aliphatic imine (C=N–C) groups is 1. The van der Waals surface area contributed by atoms with Crippen molar-refractivity contribution in [3.63, 3.8) is 0 Å². The molecule has 0 unspecified atom stereocenters. The average Bonchev–Trinajstić information content (AvgIpc) is 3.09. The van der Waals surface area contributed by atoms with Crippen LogP contribution in [-0.2, 0) is 5.75 Å². The second-order valence-corrected chi connectivity index (χ2v) is 7.60. The van der Waals surface area contributed by atoms with Crippen molar-refractivity contribution >= 4 is 44.5 Å². The molecular formula is C18H16BrN3O3S. The van der Waals surface area contributed by atoms with Crippen molar-refractivity contribution in [2.24, 2.45) is 4.99 Å². The number of benzene rings is 2. The van der Waals surface area contributed by atoms with Crippen molar-refractivity contribution < 1.29 is 9.72 Å². The van der Waals surface area contributed by atoms with Gasteiger partial charge in [0.15, 0.2) is 5.17 Å². The fraction of sp³-hybridized carbons (Fsp3) is 0.222. The third-order valence-corrected chi connectivity index (χ3v) is 5.67. The van der Waals surface area contributed by atoms with Crippen LogP contribution in [0.1, 0.15) is 21.5 Å². The molecule has 2 aromatic rings. The minimum Gasteiger partial charge on any atom is -0.286 e. The summed E-state index contributed by atoms with van der Waals surface area (Å²) in [6, 6.07) is 12.6. The van der Waals surface area contributed by atoms with Gasteiger partial charge in [-0.25, -0.2) is 0 Å². The summed E-state index contributed by atoms with van der Waals surface area (Å²) < 4.78 is 1.02. The van der Waals surface area contributed by atoms with E-state index in [-0.39, 0.29) is 11.6 Å². The van der Waals surface area contributed by atoms with Crippen molar-refractivity contribution in [2.45, 2.75) is 12.7 Å². The first kappa shape index (κ1) is 18.6. The summed E-state index contributed by atoms with van der Waals surface area (Å²) >= 11 is 4.91. The first-order chi connectivity index (χ1) is 12.5. The van der Waals surface area contributed by atoms with Gasteiger partial charge in [0.05, 0.1) is 11.5 Å². The molecule has 0 bridgehead atoms. The Morgan fingerprint density at radius 1 is 1.31 bits per heavy atom. The fourth-order valence-corrected chi connectivity index (χ4v) is 3.93. The van der Waals surface area contributed by atoms with Crippen molar-refractivity contribution in [1.29, 1.82) is 0 Å². The molecule has 0 radical (unpaired) electrons. The molecule has 0 saturated heterocycles. The summed E-state index contributed by atoms with van der Waals surface area (Å²) in [7, 11) is 0. The zero-order chi connectivity index (χ0) is 18.7. The lowest BCUT2D eigenvalue weighted by atomic mass is 10.1. The Morgan fingerprint density at radius 2 is 2.04 bits per heavy atom. The largest absolute Gasteiger partial charge is 0.286 e. The number of carbonyl (C=O) groups excluding carboxylic acids is 1. The maximum absolute atomic E-state index is 12.9. The molecule has 26 heavy (non-hydrogen) atoms. The van der Waals surface area contributed by atoms with Gasteiger partial charge in [0.1, 0.15) is 0 Å². The predicted molar refractivity (Wildman–Crippen MR) is 107 cm³/mol. The smallest absolute Gasteiger partial charge is 0.273 e.